The van der Waals surface area contributed by atoms with Gasteiger partial charge in [0.25, 0.3) is 0 Å². The van der Waals surface area contributed by atoms with Crippen LogP contribution in [0.25, 0.3) is 0 Å². The van der Waals surface area contributed by atoms with Crippen molar-refractivity contribution in [3.05, 3.63) is 35.4 Å². The summed E-state index contributed by atoms with van der Waals surface area (Å²) in [6.45, 7) is 2.58. The van der Waals surface area contributed by atoms with Gasteiger partial charge in [-0.2, -0.15) is 0 Å². The number of phosphoric ester groups is 1. The average Bonchev–Trinajstić information content (AvgIpc) is 2.53. The van der Waals surface area contributed by atoms with Crippen molar-refractivity contribution in [2.45, 2.75) is 45.4 Å². The van der Waals surface area contributed by atoms with E-state index in [1.807, 2.05) is 0 Å². The van der Waals surface area contributed by atoms with Gasteiger partial charge in [-0.1, -0.05) is 44.0 Å². The van der Waals surface area contributed by atoms with Crippen LogP contribution in [-0.4, -0.2) is 20.8 Å². The summed E-state index contributed by atoms with van der Waals surface area (Å²) >= 11 is 0. The van der Waals surface area contributed by atoms with Gasteiger partial charge in [-0.15, -0.1) is 0 Å². The highest BCUT2D eigenvalue weighted by atomic mass is 31.2. The van der Waals surface area contributed by atoms with Crippen LogP contribution in [0.2, 0.25) is 0 Å². The van der Waals surface area contributed by atoms with Gasteiger partial charge in [0, 0.05) is 14.2 Å². The van der Waals surface area contributed by atoms with Gasteiger partial charge in [0.05, 0.1) is 6.61 Å². The average molecular weight is 314 g/mol. The molecule has 0 aliphatic rings. The van der Waals surface area contributed by atoms with Crippen molar-refractivity contribution >= 4 is 7.82 Å². The van der Waals surface area contributed by atoms with Gasteiger partial charge in [-0.3, -0.25) is 13.6 Å². The first kappa shape index (κ1) is 18.4. The molecular formula is C16H27O4P. The molecule has 120 valence electrons. The Morgan fingerprint density at radius 3 is 1.90 bits per heavy atom. The molecule has 0 fully saturated rings. The number of rotatable bonds is 11. The maximum Gasteiger partial charge on any atom is 0.474 e. The number of hydrogen-bond acceptors (Lipinski definition) is 4. The number of phosphoric acid groups is 1. The van der Waals surface area contributed by atoms with Crippen molar-refractivity contribution in [1.82, 2.24) is 0 Å². The van der Waals surface area contributed by atoms with E-state index in [0.717, 1.165) is 19.3 Å². The Balaban J connectivity index is 2.28. The largest absolute Gasteiger partial charge is 0.474 e. The Morgan fingerprint density at radius 1 is 0.905 bits per heavy atom. The molecule has 1 rings (SSSR count). The monoisotopic (exact) mass is 314 g/mol. The van der Waals surface area contributed by atoms with E-state index < -0.39 is 7.82 Å². The Kier molecular flexibility index (Phi) is 8.86. The summed E-state index contributed by atoms with van der Waals surface area (Å²) in [5.41, 5.74) is 2.66. The van der Waals surface area contributed by atoms with E-state index in [2.05, 4.69) is 31.2 Å². The zero-order chi connectivity index (χ0) is 15.6. The molecule has 0 N–H and O–H groups in total. The van der Waals surface area contributed by atoms with Crippen molar-refractivity contribution in [2.75, 3.05) is 20.8 Å². The van der Waals surface area contributed by atoms with Gasteiger partial charge in [-0.25, -0.2) is 4.57 Å². The van der Waals surface area contributed by atoms with Gasteiger partial charge < -0.3 is 0 Å². The highest BCUT2D eigenvalue weighted by Crippen LogP contribution is 2.47. The van der Waals surface area contributed by atoms with Gasteiger partial charge in [0.15, 0.2) is 0 Å². The van der Waals surface area contributed by atoms with Crippen LogP contribution in [0.4, 0.5) is 0 Å². The van der Waals surface area contributed by atoms with E-state index in [1.54, 1.807) is 0 Å². The summed E-state index contributed by atoms with van der Waals surface area (Å²) in [4.78, 5) is 0. The first-order chi connectivity index (χ1) is 10.1. The third-order valence-corrected chi connectivity index (χ3v) is 4.79. The lowest BCUT2D eigenvalue weighted by molar-refractivity contribution is 0.151. The SMILES string of the molecule is CCCCCc1ccc(CCCOP(=O)(OC)OC)cc1. The first-order valence-electron chi connectivity index (χ1n) is 7.57. The predicted molar refractivity (Wildman–Crippen MR) is 85.6 cm³/mol. The molecule has 0 atom stereocenters. The summed E-state index contributed by atoms with van der Waals surface area (Å²) in [7, 11) is -0.684. The van der Waals surface area contributed by atoms with E-state index >= 15 is 0 Å². The van der Waals surface area contributed by atoms with E-state index in [4.69, 9.17) is 13.6 Å². The van der Waals surface area contributed by atoms with Crippen LogP contribution in [-0.2, 0) is 31.0 Å². The van der Waals surface area contributed by atoms with Crippen molar-refractivity contribution in [1.29, 1.82) is 0 Å². The fraction of sp³-hybridized carbons (Fsp3) is 0.625. The van der Waals surface area contributed by atoms with Gasteiger partial charge in [-0.05, 0) is 36.8 Å². The number of hydrogen-bond donors (Lipinski definition) is 0. The molecule has 1 aromatic rings. The number of benzene rings is 1. The minimum absolute atomic E-state index is 0.358. The smallest absolute Gasteiger partial charge is 0.290 e. The second kappa shape index (κ2) is 10.1. The molecule has 1 aromatic carbocycles. The quantitative estimate of drug-likeness (QED) is 0.436. The highest BCUT2D eigenvalue weighted by molar-refractivity contribution is 7.48. The molecule has 0 aromatic heterocycles. The third-order valence-electron chi connectivity index (χ3n) is 3.40. The fourth-order valence-electron chi connectivity index (χ4n) is 2.08. The Bertz CT molecular complexity index is 422. The zero-order valence-corrected chi connectivity index (χ0v) is 14.2. The van der Waals surface area contributed by atoms with E-state index in [9.17, 15) is 4.57 Å². The van der Waals surface area contributed by atoms with Crippen LogP contribution in [0.15, 0.2) is 24.3 Å². The van der Waals surface area contributed by atoms with Crippen LogP contribution < -0.4 is 0 Å². The molecule has 4 nitrogen and oxygen atoms in total. The first-order valence-corrected chi connectivity index (χ1v) is 9.03. The van der Waals surface area contributed by atoms with Gasteiger partial charge in [0.2, 0.25) is 0 Å². The molecule has 0 heterocycles. The molecule has 5 heteroatoms. The minimum Gasteiger partial charge on any atom is -0.290 e. The summed E-state index contributed by atoms with van der Waals surface area (Å²) in [5.74, 6) is 0. The summed E-state index contributed by atoms with van der Waals surface area (Å²) in [5, 5.41) is 0. The lowest BCUT2D eigenvalue weighted by Crippen LogP contribution is -1.98. The molecule has 0 unspecified atom stereocenters. The van der Waals surface area contributed by atoms with E-state index in [1.165, 1.54) is 44.6 Å². The van der Waals surface area contributed by atoms with Crippen molar-refractivity contribution in [3.8, 4) is 0 Å². The lowest BCUT2D eigenvalue weighted by Gasteiger charge is -2.13. The topological polar surface area (TPSA) is 44.8 Å². The number of unbranched alkanes of at least 4 members (excludes halogenated alkanes) is 2. The van der Waals surface area contributed by atoms with Crippen molar-refractivity contribution < 1.29 is 18.1 Å². The van der Waals surface area contributed by atoms with E-state index in [0.29, 0.717) is 6.61 Å². The second-order valence-corrected chi connectivity index (χ2v) is 6.91. The molecule has 21 heavy (non-hydrogen) atoms. The third kappa shape index (κ3) is 7.23. The molecule has 0 amide bonds. The standard InChI is InChI=1S/C16H27O4P/c1-4-5-6-8-15-10-12-16(13-11-15)9-7-14-20-21(17,18-2)19-3/h10-13H,4-9,14H2,1-3H3. The molecule has 0 spiro atoms. The summed E-state index contributed by atoms with van der Waals surface area (Å²) in [6.07, 6.45) is 6.63. The zero-order valence-electron chi connectivity index (χ0n) is 13.3. The molecule has 0 bridgehead atoms. The molecule has 0 aliphatic heterocycles. The Labute approximate surface area is 128 Å². The van der Waals surface area contributed by atoms with Crippen LogP contribution in [0.3, 0.4) is 0 Å². The molecule has 0 saturated heterocycles. The highest BCUT2D eigenvalue weighted by Gasteiger charge is 2.21. The van der Waals surface area contributed by atoms with Crippen LogP contribution >= 0.6 is 7.82 Å². The molecule has 0 radical (unpaired) electrons. The lowest BCUT2D eigenvalue weighted by atomic mass is 10.0. The second-order valence-electron chi connectivity index (χ2n) is 5.02. The molecular weight excluding hydrogens is 287 g/mol. The van der Waals surface area contributed by atoms with Crippen molar-refractivity contribution in [3.63, 3.8) is 0 Å². The van der Waals surface area contributed by atoms with Gasteiger partial charge >= 0.3 is 7.82 Å². The molecule has 0 aliphatic carbocycles. The Morgan fingerprint density at radius 2 is 1.43 bits per heavy atom. The maximum atomic E-state index is 11.7. The number of aryl methyl sites for hydroxylation is 2. The summed E-state index contributed by atoms with van der Waals surface area (Å²) in [6, 6.07) is 8.71. The van der Waals surface area contributed by atoms with Crippen LogP contribution in [0, 0.1) is 0 Å². The minimum atomic E-state index is -3.33. The van der Waals surface area contributed by atoms with Gasteiger partial charge in [0.1, 0.15) is 0 Å². The molecule has 0 saturated carbocycles. The Hall–Kier alpha value is -0.670. The van der Waals surface area contributed by atoms with Crippen LogP contribution in [0.5, 0.6) is 0 Å². The predicted octanol–water partition coefficient (Wildman–Crippen LogP) is 4.77. The van der Waals surface area contributed by atoms with Crippen molar-refractivity contribution in [2.24, 2.45) is 0 Å². The fourth-order valence-corrected chi connectivity index (χ4v) is 2.80. The normalized spacial score (nSPS) is 11.8. The summed E-state index contributed by atoms with van der Waals surface area (Å²) < 4.78 is 26.2. The maximum absolute atomic E-state index is 11.7. The van der Waals surface area contributed by atoms with E-state index in [-0.39, 0.29) is 0 Å². The van der Waals surface area contributed by atoms with Crippen LogP contribution in [0.1, 0.15) is 43.7 Å².